The maximum absolute atomic E-state index is 10.4. The highest BCUT2D eigenvalue weighted by atomic mass is 31.0. The molecule has 1 unspecified atom stereocenters. The van der Waals surface area contributed by atoms with Crippen LogP contribution in [0.4, 0.5) is 4.79 Å². The number of terminal acetylenes is 1. The third kappa shape index (κ3) is 4.00. The van der Waals surface area contributed by atoms with Crippen LogP contribution in [0.2, 0.25) is 0 Å². The van der Waals surface area contributed by atoms with Gasteiger partial charge in [0, 0.05) is 0 Å². The predicted octanol–water partition coefficient (Wildman–Crippen LogP) is 0.983. The molecule has 0 aromatic carbocycles. The van der Waals surface area contributed by atoms with Crippen molar-refractivity contribution in [3.63, 3.8) is 0 Å². The van der Waals surface area contributed by atoms with Crippen LogP contribution in [0.3, 0.4) is 0 Å². The van der Waals surface area contributed by atoms with E-state index in [1.165, 1.54) is 0 Å². The number of rotatable bonds is 1. The molecule has 0 radical (unpaired) electrons. The Bertz CT molecular complexity index is 157. The van der Waals surface area contributed by atoms with Gasteiger partial charge in [-0.25, -0.2) is 0 Å². The van der Waals surface area contributed by atoms with E-state index in [1.807, 2.05) is 9.24 Å². The average Bonchev–Trinajstić information content (AvgIpc) is 1.63. The molecule has 1 atom stereocenters. The first-order chi connectivity index (χ1) is 3.98. The molecule has 0 fully saturated rings. The molecule has 0 heterocycles. The molecular weight excluding hydrogens is 133 g/mol. The summed E-state index contributed by atoms with van der Waals surface area (Å²) in [5.74, 6) is 2.43. The summed E-state index contributed by atoms with van der Waals surface area (Å²) in [4.78, 5) is 10.4. The van der Waals surface area contributed by atoms with Crippen molar-refractivity contribution >= 4 is 14.9 Å². The summed E-state index contributed by atoms with van der Waals surface area (Å²) < 4.78 is 0. The molecule has 0 aromatic rings. The fraction of sp³-hybridized carbons (Fsp3) is 0.500. The van der Waals surface area contributed by atoms with Gasteiger partial charge in [0.25, 0.3) is 0 Å². The normalized spacial score (nSPS) is 10.0. The van der Waals surface area contributed by atoms with Crippen LogP contribution in [-0.4, -0.2) is 11.2 Å². The molecule has 0 rings (SSSR count). The summed E-state index contributed by atoms with van der Waals surface area (Å²) in [6.07, 6.45) is 5.08. The van der Waals surface area contributed by atoms with Crippen LogP contribution in [0.1, 0.15) is 13.8 Å². The number of carbonyl (C=O) groups is 1. The summed E-state index contributed by atoms with van der Waals surface area (Å²) in [6, 6.07) is 0. The minimum Gasteiger partial charge on any atom is -0.337 e. The Morgan fingerprint density at radius 1 is 1.78 bits per heavy atom. The molecule has 0 aliphatic carbocycles. The SMILES string of the molecule is C#CC(C)(C)NC(=O)P. The average molecular weight is 143 g/mol. The predicted molar refractivity (Wildman–Crippen MR) is 41.2 cm³/mol. The van der Waals surface area contributed by atoms with E-state index >= 15 is 0 Å². The van der Waals surface area contributed by atoms with Crippen molar-refractivity contribution in [1.29, 1.82) is 0 Å². The quantitative estimate of drug-likeness (QED) is 0.430. The number of hydrogen-bond donors (Lipinski definition) is 1. The van der Waals surface area contributed by atoms with Gasteiger partial charge in [0.2, 0.25) is 5.65 Å². The minimum atomic E-state index is -0.529. The lowest BCUT2D eigenvalue weighted by Crippen LogP contribution is -2.38. The fourth-order valence-electron chi connectivity index (χ4n) is 0.344. The molecule has 0 saturated heterocycles. The van der Waals surface area contributed by atoms with Gasteiger partial charge in [-0.15, -0.1) is 6.42 Å². The Balaban J connectivity index is 3.91. The number of hydrogen-bond acceptors (Lipinski definition) is 1. The molecule has 1 amide bonds. The summed E-state index contributed by atoms with van der Waals surface area (Å²) in [7, 11) is 2.00. The number of amides is 1. The van der Waals surface area contributed by atoms with Crippen LogP contribution in [0.15, 0.2) is 0 Å². The summed E-state index contributed by atoms with van der Waals surface area (Å²) in [5.41, 5.74) is -0.711. The Kier molecular flexibility index (Phi) is 2.67. The third-order valence-electron chi connectivity index (χ3n) is 0.797. The first-order valence-electron chi connectivity index (χ1n) is 2.53. The van der Waals surface area contributed by atoms with Crippen molar-refractivity contribution in [2.24, 2.45) is 0 Å². The van der Waals surface area contributed by atoms with Crippen LogP contribution in [-0.2, 0) is 0 Å². The zero-order valence-electron chi connectivity index (χ0n) is 5.56. The van der Waals surface area contributed by atoms with E-state index < -0.39 is 5.54 Å². The molecule has 0 aliphatic heterocycles. The topological polar surface area (TPSA) is 29.1 Å². The van der Waals surface area contributed by atoms with E-state index in [9.17, 15) is 4.79 Å². The second-order valence-electron chi connectivity index (χ2n) is 2.26. The highest BCUT2D eigenvalue weighted by Gasteiger charge is 2.13. The van der Waals surface area contributed by atoms with E-state index in [1.54, 1.807) is 13.8 Å². The monoisotopic (exact) mass is 143 g/mol. The van der Waals surface area contributed by atoms with Crippen LogP contribution < -0.4 is 5.32 Å². The maximum Gasteiger partial charge on any atom is 0.235 e. The Hall–Kier alpha value is -0.540. The lowest BCUT2D eigenvalue weighted by molar-refractivity contribution is 0.256. The molecule has 1 N–H and O–H groups in total. The molecular formula is C6H10NOP. The van der Waals surface area contributed by atoms with Gasteiger partial charge < -0.3 is 5.32 Å². The largest absolute Gasteiger partial charge is 0.337 e. The smallest absolute Gasteiger partial charge is 0.235 e. The van der Waals surface area contributed by atoms with Gasteiger partial charge in [0.1, 0.15) is 0 Å². The van der Waals surface area contributed by atoms with E-state index in [0.29, 0.717) is 0 Å². The summed E-state index contributed by atoms with van der Waals surface area (Å²) in [6.45, 7) is 3.52. The van der Waals surface area contributed by atoms with E-state index in [-0.39, 0.29) is 5.65 Å². The molecule has 3 heteroatoms. The van der Waals surface area contributed by atoms with E-state index in [2.05, 4.69) is 11.2 Å². The van der Waals surface area contributed by atoms with Crippen molar-refractivity contribution in [2.75, 3.05) is 0 Å². The molecule has 50 valence electrons. The van der Waals surface area contributed by atoms with Gasteiger partial charge >= 0.3 is 0 Å². The number of carbonyl (C=O) groups excluding carboxylic acids is 1. The summed E-state index contributed by atoms with van der Waals surface area (Å²) >= 11 is 0. The van der Waals surface area contributed by atoms with E-state index in [0.717, 1.165) is 0 Å². The van der Waals surface area contributed by atoms with Crippen LogP contribution in [0.25, 0.3) is 0 Å². The lowest BCUT2D eigenvalue weighted by atomic mass is 10.1. The molecule has 0 aliphatic rings. The Morgan fingerprint density at radius 3 is 2.33 bits per heavy atom. The highest BCUT2D eigenvalue weighted by Crippen LogP contribution is 2.00. The zero-order chi connectivity index (χ0) is 7.49. The van der Waals surface area contributed by atoms with Gasteiger partial charge in [-0.2, -0.15) is 0 Å². The van der Waals surface area contributed by atoms with Crippen molar-refractivity contribution in [1.82, 2.24) is 5.32 Å². The Morgan fingerprint density at radius 2 is 2.22 bits per heavy atom. The van der Waals surface area contributed by atoms with Gasteiger partial charge in [-0.05, 0) is 23.1 Å². The van der Waals surface area contributed by atoms with Crippen molar-refractivity contribution in [2.45, 2.75) is 19.4 Å². The maximum atomic E-state index is 10.4. The molecule has 2 nitrogen and oxygen atoms in total. The zero-order valence-corrected chi connectivity index (χ0v) is 6.72. The molecule has 0 saturated carbocycles. The Labute approximate surface area is 57.6 Å². The third-order valence-corrected chi connectivity index (χ3v) is 0.941. The van der Waals surface area contributed by atoms with Crippen LogP contribution >= 0.6 is 9.24 Å². The lowest BCUT2D eigenvalue weighted by Gasteiger charge is -2.17. The molecule has 0 aromatic heterocycles. The fourth-order valence-corrected chi connectivity index (χ4v) is 0.705. The molecule has 9 heavy (non-hydrogen) atoms. The molecule has 0 spiro atoms. The standard InChI is InChI=1S/C6H10NOP/c1-4-6(2,3)7-5(8)9/h1H,9H2,2-3H3,(H,7,8). The van der Waals surface area contributed by atoms with Crippen LogP contribution in [0, 0.1) is 12.3 Å². The van der Waals surface area contributed by atoms with Gasteiger partial charge in [-0.1, -0.05) is 5.92 Å². The van der Waals surface area contributed by atoms with E-state index in [4.69, 9.17) is 6.42 Å². The minimum absolute atomic E-state index is 0.182. The number of nitrogens with one attached hydrogen (secondary N) is 1. The van der Waals surface area contributed by atoms with Crippen molar-refractivity contribution < 1.29 is 4.79 Å². The summed E-state index contributed by atoms with van der Waals surface area (Å²) in [5, 5.41) is 2.56. The molecule has 0 bridgehead atoms. The van der Waals surface area contributed by atoms with Crippen LogP contribution in [0.5, 0.6) is 0 Å². The van der Waals surface area contributed by atoms with Crippen molar-refractivity contribution in [3.8, 4) is 12.3 Å². The van der Waals surface area contributed by atoms with Gasteiger partial charge in [-0.3, -0.25) is 4.79 Å². The second kappa shape index (κ2) is 2.85. The first kappa shape index (κ1) is 8.46. The van der Waals surface area contributed by atoms with Gasteiger partial charge in [0.05, 0.1) is 5.54 Å². The van der Waals surface area contributed by atoms with Gasteiger partial charge in [0.15, 0.2) is 0 Å². The first-order valence-corrected chi connectivity index (χ1v) is 3.11. The van der Waals surface area contributed by atoms with Crippen molar-refractivity contribution in [3.05, 3.63) is 0 Å². The second-order valence-corrected chi connectivity index (χ2v) is 2.78. The highest BCUT2D eigenvalue weighted by molar-refractivity contribution is 7.39.